The van der Waals surface area contributed by atoms with Gasteiger partial charge < -0.3 is 24.8 Å². The lowest BCUT2D eigenvalue weighted by molar-refractivity contribution is 0.0869. The molecule has 1 heterocycles. The zero-order valence-corrected chi connectivity index (χ0v) is 19.2. The number of aromatic nitrogens is 2. The van der Waals surface area contributed by atoms with Gasteiger partial charge in [-0.25, -0.2) is 4.98 Å². The molecule has 34 heavy (non-hydrogen) atoms. The summed E-state index contributed by atoms with van der Waals surface area (Å²) in [4.78, 5) is 4.17. The molecule has 1 fully saturated rings. The number of hydrogen-bond acceptors (Lipinski definition) is 6. The van der Waals surface area contributed by atoms with Gasteiger partial charge in [-0.3, -0.25) is 0 Å². The van der Waals surface area contributed by atoms with Crippen LogP contribution in [-0.2, 0) is 0 Å². The van der Waals surface area contributed by atoms with Crippen molar-refractivity contribution in [2.24, 2.45) is 0 Å². The standard InChI is InChI=1S/C27H30N4O3/c1-19(33)27-30-14-15-31(27)24(18-32)9-4-20-2-5-21(6-3-20)22-7-10-25(11-8-22)34-26-16-23(17-26)29-13-12-28/h2-11,14-15,19,23-24,26,29,32-33H,13,16-18H2,1H3/b9-4+/t19-,23?,24-,26?/m0/s1. The van der Waals surface area contributed by atoms with Crippen molar-refractivity contribution in [1.29, 1.82) is 5.26 Å². The quantitative estimate of drug-likeness (QED) is 0.399. The first-order valence-corrected chi connectivity index (χ1v) is 11.5. The molecule has 4 rings (SSSR count). The van der Waals surface area contributed by atoms with E-state index < -0.39 is 6.10 Å². The van der Waals surface area contributed by atoms with Crippen LogP contribution >= 0.6 is 0 Å². The van der Waals surface area contributed by atoms with E-state index in [0.717, 1.165) is 35.3 Å². The molecule has 7 heteroatoms. The number of nitrogens with one attached hydrogen (secondary N) is 1. The van der Waals surface area contributed by atoms with Crippen LogP contribution in [0.25, 0.3) is 17.2 Å². The van der Waals surface area contributed by atoms with Crippen LogP contribution in [-0.4, -0.2) is 45.1 Å². The molecule has 176 valence electrons. The smallest absolute Gasteiger partial charge is 0.137 e. The molecule has 1 saturated carbocycles. The third kappa shape index (κ3) is 5.72. The van der Waals surface area contributed by atoms with E-state index in [-0.39, 0.29) is 18.8 Å². The summed E-state index contributed by atoms with van der Waals surface area (Å²) in [5.41, 5.74) is 3.24. The lowest BCUT2D eigenvalue weighted by Gasteiger charge is -2.35. The predicted octanol–water partition coefficient (Wildman–Crippen LogP) is 3.87. The van der Waals surface area contributed by atoms with Crippen molar-refractivity contribution in [1.82, 2.24) is 14.9 Å². The largest absolute Gasteiger partial charge is 0.490 e. The fraction of sp³-hybridized carbons (Fsp3) is 0.333. The van der Waals surface area contributed by atoms with Gasteiger partial charge in [-0.05, 0) is 48.6 Å². The van der Waals surface area contributed by atoms with Crippen molar-refractivity contribution in [2.45, 2.75) is 44.1 Å². The number of aliphatic hydroxyl groups is 2. The van der Waals surface area contributed by atoms with Crippen molar-refractivity contribution in [3.05, 3.63) is 78.4 Å². The summed E-state index contributed by atoms with van der Waals surface area (Å²) in [7, 11) is 0. The number of nitriles is 1. The van der Waals surface area contributed by atoms with Crippen LogP contribution in [0.5, 0.6) is 5.75 Å². The topological polar surface area (TPSA) is 103 Å². The maximum Gasteiger partial charge on any atom is 0.137 e. The third-order valence-corrected chi connectivity index (χ3v) is 6.09. The second-order valence-electron chi connectivity index (χ2n) is 8.57. The van der Waals surface area contributed by atoms with Crippen LogP contribution in [0.3, 0.4) is 0 Å². The molecule has 2 atom stereocenters. The molecular formula is C27H30N4O3. The van der Waals surface area contributed by atoms with E-state index in [1.54, 1.807) is 23.9 Å². The minimum atomic E-state index is -0.703. The zero-order valence-electron chi connectivity index (χ0n) is 19.2. The first-order chi connectivity index (χ1) is 16.6. The van der Waals surface area contributed by atoms with Gasteiger partial charge in [0.05, 0.1) is 25.3 Å². The highest BCUT2D eigenvalue weighted by atomic mass is 16.5. The van der Waals surface area contributed by atoms with Gasteiger partial charge in [-0.2, -0.15) is 5.26 Å². The summed E-state index contributed by atoms with van der Waals surface area (Å²) in [5.74, 6) is 1.39. The van der Waals surface area contributed by atoms with Gasteiger partial charge in [0.15, 0.2) is 0 Å². The Kier molecular flexibility index (Phi) is 7.76. The summed E-state index contributed by atoms with van der Waals surface area (Å²) in [6, 6.07) is 18.5. The molecule has 0 radical (unpaired) electrons. The van der Waals surface area contributed by atoms with Crippen LogP contribution < -0.4 is 10.1 Å². The molecule has 1 aliphatic rings. The minimum absolute atomic E-state index is 0.0863. The normalized spacial score (nSPS) is 19.4. The molecule has 3 aromatic rings. The van der Waals surface area contributed by atoms with Crippen molar-refractivity contribution in [2.75, 3.05) is 13.2 Å². The fourth-order valence-electron chi connectivity index (χ4n) is 4.12. The van der Waals surface area contributed by atoms with Crippen molar-refractivity contribution >= 4 is 6.08 Å². The number of imidazole rings is 1. The Hall–Kier alpha value is -3.44. The number of benzene rings is 2. The molecule has 0 bridgehead atoms. The Morgan fingerprint density at radius 3 is 2.47 bits per heavy atom. The molecule has 0 saturated heterocycles. The molecule has 0 amide bonds. The van der Waals surface area contributed by atoms with Crippen LogP contribution in [0, 0.1) is 11.3 Å². The monoisotopic (exact) mass is 458 g/mol. The summed E-state index contributed by atoms with van der Waals surface area (Å²) < 4.78 is 7.80. The van der Waals surface area contributed by atoms with E-state index in [2.05, 4.69) is 40.6 Å². The number of aliphatic hydroxyl groups excluding tert-OH is 2. The maximum absolute atomic E-state index is 9.87. The van der Waals surface area contributed by atoms with Crippen LogP contribution in [0.15, 0.2) is 67.0 Å². The minimum Gasteiger partial charge on any atom is -0.490 e. The molecule has 0 aliphatic heterocycles. The van der Waals surface area contributed by atoms with Gasteiger partial charge in [0.2, 0.25) is 0 Å². The molecule has 2 aromatic carbocycles. The Labute approximate surface area is 200 Å². The first-order valence-electron chi connectivity index (χ1n) is 11.5. The molecule has 3 N–H and O–H groups in total. The van der Waals surface area contributed by atoms with E-state index in [4.69, 9.17) is 10.00 Å². The van der Waals surface area contributed by atoms with E-state index in [1.807, 2.05) is 36.4 Å². The zero-order chi connectivity index (χ0) is 23.9. The average molecular weight is 459 g/mol. The average Bonchev–Trinajstić information content (AvgIpc) is 3.32. The van der Waals surface area contributed by atoms with Crippen LogP contribution in [0.2, 0.25) is 0 Å². The summed E-state index contributed by atoms with van der Waals surface area (Å²) in [6.45, 7) is 1.96. The van der Waals surface area contributed by atoms with E-state index in [1.165, 1.54) is 0 Å². The van der Waals surface area contributed by atoms with E-state index in [0.29, 0.717) is 18.4 Å². The molecule has 1 aliphatic carbocycles. The van der Waals surface area contributed by atoms with Gasteiger partial charge in [-0.15, -0.1) is 0 Å². The Morgan fingerprint density at radius 1 is 1.18 bits per heavy atom. The Morgan fingerprint density at radius 2 is 1.85 bits per heavy atom. The van der Waals surface area contributed by atoms with Crippen molar-refractivity contribution in [3.63, 3.8) is 0 Å². The van der Waals surface area contributed by atoms with E-state index in [9.17, 15) is 10.2 Å². The lowest BCUT2D eigenvalue weighted by Crippen LogP contribution is -2.46. The number of hydrogen-bond donors (Lipinski definition) is 3. The van der Waals surface area contributed by atoms with Crippen molar-refractivity contribution in [3.8, 4) is 22.9 Å². The molecule has 1 aromatic heterocycles. The summed E-state index contributed by atoms with van der Waals surface area (Å²) in [5, 5.41) is 31.5. The third-order valence-electron chi connectivity index (χ3n) is 6.09. The highest BCUT2D eigenvalue weighted by Gasteiger charge is 2.30. The summed E-state index contributed by atoms with van der Waals surface area (Å²) >= 11 is 0. The predicted molar refractivity (Wildman–Crippen MR) is 131 cm³/mol. The van der Waals surface area contributed by atoms with Gasteiger partial charge in [0, 0.05) is 18.4 Å². The highest BCUT2D eigenvalue weighted by molar-refractivity contribution is 5.66. The number of rotatable bonds is 10. The SMILES string of the molecule is C[C@H](O)c1nccn1[C@@H](/C=C/c1ccc(-c2ccc(OC3CC(NCC#N)C3)cc2)cc1)CO. The number of ether oxygens (including phenoxy) is 1. The van der Waals surface area contributed by atoms with Gasteiger partial charge >= 0.3 is 0 Å². The van der Waals surface area contributed by atoms with Gasteiger partial charge in [0.25, 0.3) is 0 Å². The highest BCUT2D eigenvalue weighted by Crippen LogP contribution is 2.28. The molecular weight excluding hydrogens is 428 g/mol. The lowest BCUT2D eigenvalue weighted by atomic mass is 9.89. The fourth-order valence-corrected chi connectivity index (χ4v) is 4.12. The first kappa shape index (κ1) is 23.7. The van der Waals surface area contributed by atoms with Crippen LogP contribution in [0.4, 0.5) is 0 Å². The van der Waals surface area contributed by atoms with Crippen molar-refractivity contribution < 1.29 is 14.9 Å². The molecule has 7 nitrogen and oxygen atoms in total. The molecule has 0 spiro atoms. The second-order valence-corrected chi connectivity index (χ2v) is 8.57. The summed E-state index contributed by atoms with van der Waals surface area (Å²) in [6.07, 6.45) is 8.62. The van der Waals surface area contributed by atoms with Gasteiger partial charge in [0.1, 0.15) is 23.8 Å². The molecule has 0 unspecified atom stereocenters. The Bertz CT molecular complexity index is 1120. The van der Waals surface area contributed by atoms with Gasteiger partial charge in [-0.1, -0.05) is 48.6 Å². The maximum atomic E-state index is 9.87. The van der Waals surface area contributed by atoms with Crippen LogP contribution in [0.1, 0.15) is 43.3 Å². The van der Waals surface area contributed by atoms with E-state index >= 15 is 0 Å². The second kappa shape index (κ2) is 11.1. The number of nitrogens with zero attached hydrogens (tertiary/aromatic N) is 3. The Balaban J connectivity index is 1.34.